The van der Waals surface area contributed by atoms with Crippen molar-refractivity contribution >= 4 is 11.8 Å². The van der Waals surface area contributed by atoms with Crippen molar-refractivity contribution in [2.45, 2.75) is 70.6 Å². The largest absolute Gasteiger partial charge is 0.485 e. The van der Waals surface area contributed by atoms with Crippen LogP contribution in [0.25, 0.3) is 0 Å². The number of hydrogen-bond acceptors (Lipinski definition) is 5. The van der Waals surface area contributed by atoms with E-state index in [4.69, 9.17) is 14.2 Å². The molecule has 2 amide bonds. The topological polar surface area (TPSA) is 77.1 Å². The number of ether oxygens (including phenoxy) is 3. The van der Waals surface area contributed by atoms with Gasteiger partial charge in [0.05, 0.1) is 0 Å². The van der Waals surface area contributed by atoms with Crippen LogP contribution < -0.4 is 14.8 Å². The fourth-order valence-electron chi connectivity index (χ4n) is 4.92. The molecule has 194 valence electrons. The molecule has 0 aromatic heterocycles. The number of carbonyl (C=O) groups excluding carboxylic acids is 2. The van der Waals surface area contributed by atoms with E-state index in [0.717, 1.165) is 36.8 Å². The van der Waals surface area contributed by atoms with Crippen molar-refractivity contribution in [3.8, 4) is 11.5 Å². The summed E-state index contributed by atoms with van der Waals surface area (Å²) in [5, 5.41) is 3.25. The van der Waals surface area contributed by atoms with Gasteiger partial charge in [0.25, 0.3) is 5.91 Å². The molecule has 1 fully saturated rings. The van der Waals surface area contributed by atoms with E-state index in [2.05, 4.69) is 5.32 Å². The van der Waals surface area contributed by atoms with Crippen molar-refractivity contribution in [2.75, 3.05) is 26.4 Å². The third-order valence-corrected chi connectivity index (χ3v) is 6.86. The molecule has 1 aliphatic carbocycles. The highest BCUT2D eigenvalue weighted by molar-refractivity contribution is 5.91. The first-order chi connectivity index (χ1) is 17.6. The molecule has 0 bridgehead atoms. The molecule has 2 aromatic rings. The first-order valence-electron chi connectivity index (χ1n) is 13.2. The smallest absolute Gasteiger partial charge is 0.268 e. The van der Waals surface area contributed by atoms with E-state index < -0.39 is 12.1 Å². The van der Waals surface area contributed by atoms with Gasteiger partial charge in [-0.3, -0.25) is 9.59 Å². The Labute approximate surface area is 214 Å². The van der Waals surface area contributed by atoms with E-state index in [9.17, 15) is 9.59 Å². The lowest BCUT2D eigenvalue weighted by Crippen LogP contribution is -2.52. The second kappa shape index (κ2) is 12.8. The summed E-state index contributed by atoms with van der Waals surface area (Å²) in [6.07, 6.45) is 5.16. The number of aryl methyl sites for hydroxylation is 1. The number of nitrogens with one attached hydrogen (secondary N) is 1. The zero-order valence-corrected chi connectivity index (χ0v) is 21.4. The van der Waals surface area contributed by atoms with Gasteiger partial charge in [0.2, 0.25) is 12.0 Å². The molecule has 0 saturated heterocycles. The van der Waals surface area contributed by atoms with Crippen LogP contribution in [0.2, 0.25) is 0 Å². The number of nitrogens with zero attached hydrogens (tertiary/aromatic N) is 1. The van der Waals surface area contributed by atoms with Crippen LogP contribution in [-0.2, 0) is 14.3 Å². The highest BCUT2D eigenvalue weighted by atomic mass is 16.6. The van der Waals surface area contributed by atoms with E-state index in [1.54, 1.807) is 11.0 Å². The molecule has 2 unspecified atom stereocenters. The van der Waals surface area contributed by atoms with Gasteiger partial charge in [0.1, 0.15) is 12.6 Å². The quantitative estimate of drug-likeness (QED) is 0.489. The molecular weight excluding hydrogens is 456 g/mol. The minimum Gasteiger partial charge on any atom is -0.485 e. The minimum absolute atomic E-state index is 0.0999. The summed E-state index contributed by atoms with van der Waals surface area (Å²) in [6, 6.07) is 14.6. The number of amides is 2. The Morgan fingerprint density at radius 1 is 1.06 bits per heavy atom. The maximum absolute atomic E-state index is 14.0. The molecule has 1 saturated carbocycles. The van der Waals surface area contributed by atoms with E-state index in [1.165, 1.54) is 6.42 Å². The summed E-state index contributed by atoms with van der Waals surface area (Å²) in [5.41, 5.74) is 1.89. The van der Waals surface area contributed by atoms with Crippen molar-refractivity contribution in [1.82, 2.24) is 10.2 Å². The van der Waals surface area contributed by atoms with Crippen molar-refractivity contribution in [2.24, 2.45) is 0 Å². The lowest BCUT2D eigenvalue weighted by Gasteiger charge is -2.36. The van der Waals surface area contributed by atoms with Gasteiger partial charge >= 0.3 is 0 Å². The second-order valence-corrected chi connectivity index (χ2v) is 9.60. The molecule has 36 heavy (non-hydrogen) atoms. The lowest BCUT2D eigenvalue weighted by atomic mass is 9.94. The standard InChI is InChI=1S/C29H38N2O5/c1-3-34-19-9-18-31(29(33)26-20-35-24-12-7-8-13-25(24)36-26)27(22-16-14-21(2)15-17-22)28(32)30-23-10-5-4-6-11-23/h7-8,12-17,23,26-27H,3-6,9-11,18-20H2,1-2H3,(H,30,32). The van der Waals surface area contributed by atoms with Crippen molar-refractivity contribution < 1.29 is 23.8 Å². The molecule has 2 atom stereocenters. The van der Waals surface area contributed by atoms with Crippen LogP contribution in [0.5, 0.6) is 11.5 Å². The van der Waals surface area contributed by atoms with Crippen LogP contribution in [0.3, 0.4) is 0 Å². The van der Waals surface area contributed by atoms with E-state index in [-0.39, 0.29) is 24.5 Å². The maximum atomic E-state index is 14.0. The minimum atomic E-state index is -0.831. The number of rotatable bonds is 10. The van der Waals surface area contributed by atoms with Crippen LogP contribution in [0, 0.1) is 6.92 Å². The van der Waals surface area contributed by atoms with Gasteiger partial charge in [-0.05, 0) is 50.8 Å². The zero-order chi connectivity index (χ0) is 25.3. The summed E-state index contributed by atoms with van der Waals surface area (Å²) in [5.74, 6) is 0.752. The average molecular weight is 495 g/mol. The SMILES string of the molecule is CCOCCCN(C(=O)C1COc2ccccc2O1)C(C(=O)NC1CCCCC1)c1ccc(C)cc1. The zero-order valence-electron chi connectivity index (χ0n) is 21.4. The van der Waals surface area contributed by atoms with Gasteiger partial charge in [0, 0.05) is 25.8 Å². The second-order valence-electron chi connectivity index (χ2n) is 9.60. The predicted octanol–water partition coefficient (Wildman–Crippen LogP) is 4.58. The van der Waals surface area contributed by atoms with Gasteiger partial charge in [-0.1, -0.05) is 61.2 Å². The van der Waals surface area contributed by atoms with Gasteiger partial charge in [-0.25, -0.2) is 0 Å². The molecule has 0 spiro atoms. The molecule has 1 aliphatic heterocycles. The summed E-state index contributed by atoms with van der Waals surface area (Å²) in [6.45, 7) is 5.54. The average Bonchev–Trinajstić information content (AvgIpc) is 2.91. The predicted molar refractivity (Wildman–Crippen MR) is 138 cm³/mol. The molecule has 1 N–H and O–H groups in total. The van der Waals surface area contributed by atoms with Crippen molar-refractivity contribution in [3.63, 3.8) is 0 Å². The van der Waals surface area contributed by atoms with Gasteiger partial charge < -0.3 is 24.4 Å². The number of para-hydroxylation sites is 2. The van der Waals surface area contributed by atoms with Crippen LogP contribution >= 0.6 is 0 Å². The van der Waals surface area contributed by atoms with Crippen molar-refractivity contribution in [3.05, 3.63) is 59.7 Å². The first kappa shape index (κ1) is 26.0. The Hall–Kier alpha value is -3.06. The third-order valence-electron chi connectivity index (χ3n) is 6.86. The van der Waals surface area contributed by atoms with Gasteiger partial charge in [-0.2, -0.15) is 0 Å². The van der Waals surface area contributed by atoms with E-state index >= 15 is 0 Å². The molecule has 7 nitrogen and oxygen atoms in total. The fourth-order valence-corrected chi connectivity index (χ4v) is 4.92. The summed E-state index contributed by atoms with van der Waals surface area (Å²) >= 11 is 0. The third kappa shape index (κ3) is 6.58. The molecule has 2 aliphatic rings. The van der Waals surface area contributed by atoms with Crippen LogP contribution in [0.15, 0.2) is 48.5 Å². The van der Waals surface area contributed by atoms with E-state index in [0.29, 0.717) is 37.7 Å². The number of fused-ring (bicyclic) bond motifs is 1. The highest BCUT2D eigenvalue weighted by Crippen LogP contribution is 2.33. The maximum Gasteiger partial charge on any atom is 0.268 e. The number of benzene rings is 2. The Morgan fingerprint density at radius 3 is 2.50 bits per heavy atom. The van der Waals surface area contributed by atoms with Crippen LogP contribution in [-0.4, -0.2) is 55.2 Å². The lowest BCUT2D eigenvalue weighted by molar-refractivity contribution is -0.149. The Morgan fingerprint density at radius 2 is 1.78 bits per heavy atom. The number of carbonyl (C=O) groups is 2. The molecule has 1 heterocycles. The molecule has 0 radical (unpaired) electrons. The van der Waals surface area contributed by atoms with E-state index in [1.807, 2.05) is 56.3 Å². The molecule has 4 rings (SSSR count). The summed E-state index contributed by atoms with van der Waals surface area (Å²) < 4.78 is 17.4. The monoisotopic (exact) mass is 494 g/mol. The summed E-state index contributed by atoms with van der Waals surface area (Å²) in [4.78, 5) is 29.4. The Kier molecular flexibility index (Phi) is 9.23. The molecule has 7 heteroatoms. The van der Waals surface area contributed by atoms with Gasteiger partial charge in [0.15, 0.2) is 11.5 Å². The number of hydrogen-bond donors (Lipinski definition) is 1. The molecular formula is C29H38N2O5. The first-order valence-corrected chi connectivity index (χ1v) is 13.2. The Balaban J connectivity index is 1.61. The van der Waals surface area contributed by atoms with Crippen LogP contribution in [0.1, 0.15) is 62.6 Å². The fraction of sp³-hybridized carbons (Fsp3) is 0.517. The van der Waals surface area contributed by atoms with Crippen molar-refractivity contribution in [1.29, 1.82) is 0 Å². The van der Waals surface area contributed by atoms with Crippen LogP contribution in [0.4, 0.5) is 0 Å². The van der Waals surface area contributed by atoms with Gasteiger partial charge in [-0.15, -0.1) is 0 Å². The Bertz CT molecular complexity index is 1000. The molecule has 2 aromatic carbocycles. The summed E-state index contributed by atoms with van der Waals surface area (Å²) in [7, 11) is 0. The normalized spacial score (nSPS) is 18.3. The highest BCUT2D eigenvalue weighted by Gasteiger charge is 2.38.